The van der Waals surface area contributed by atoms with Crippen molar-refractivity contribution in [2.24, 2.45) is 0 Å². The van der Waals surface area contributed by atoms with Gasteiger partial charge < -0.3 is 4.42 Å². The monoisotopic (exact) mass is 367 g/mol. The number of hydrogen-bond donors (Lipinski definition) is 1. The molecular weight excluding hydrogens is 350 g/mol. The fourth-order valence-electron chi connectivity index (χ4n) is 2.35. The lowest BCUT2D eigenvalue weighted by Crippen LogP contribution is -2.13. The van der Waals surface area contributed by atoms with E-state index in [0.29, 0.717) is 17.0 Å². The minimum atomic E-state index is -3.70. The summed E-state index contributed by atoms with van der Waals surface area (Å²) in [7, 11) is -3.70. The fourth-order valence-corrected chi connectivity index (χ4v) is 3.42. The van der Waals surface area contributed by atoms with Crippen molar-refractivity contribution in [1.82, 2.24) is 0 Å². The van der Waals surface area contributed by atoms with Crippen LogP contribution >= 0.6 is 0 Å². The molecule has 1 heterocycles. The fraction of sp³-hybridized carbons (Fsp3) is 0.0500. The molecule has 3 rings (SSSR count). The number of ketones is 1. The number of rotatable bonds is 6. The first-order valence-corrected chi connectivity index (χ1v) is 9.39. The normalized spacial score (nSPS) is 11.6. The van der Waals surface area contributed by atoms with E-state index in [4.69, 9.17) is 4.42 Å². The van der Waals surface area contributed by atoms with Crippen molar-refractivity contribution in [1.29, 1.82) is 0 Å². The molecule has 0 spiro atoms. The molecule has 1 aromatic heterocycles. The highest BCUT2D eigenvalue weighted by Gasteiger charge is 2.14. The first kappa shape index (κ1) is 17.7. The zero-order valence-electron chi connectivity index (χ0n) is 14.0. The van der Waals surface area contributed by atoms with Crippen LogP contribution in [0.2, 0.25) is 0 Å². The first-order chi connectivity index (χ1) is 12.4. The maximum Gasteiger partial charge on any atom is 0.261 e. The van der Waals surface area contributed by atoms with Gasteiger partial charge in [0.2, 0.25) is 0 Å². The summed E-state index contributed by atoms with van der Waals surface area (Å²) >= 11 is 0. The molecule has 0 bridgehead atoms. The Labute approximate surface area is 152 Å². The van der Waals surface area contributed by atoms with Gasteiger partial charge in [-0.2, -0.15) is 0 Å². The second-order valence-electron chi connectivity index (χ2n) is 5.65. The third-order valence-corrected chi connectivity index (χ3v) is 5.01. The topological polar surface area (TPSA) is 76.4 Å². The first-order valence-electron chi connectivity index (χ1n) is 7.91. The third kappa shape index (κ3) is 4.29. The minimum absolute atomic E-state index is 0.157. The number of furan rings is 1. The molecule has 0 aliphatic rings. The van der Waals surface area contributed by atoms with Crippen LogP contribution in [0.4, 0.5) is 5.69 Å². The number of allylic oxidation sites excluding steroid dienone is 1. The predicted octanol–water partition coefficient (Wildman–Crippen LogP) is 4.28. The van der Waals surface area contributed by atoms with E-state index >= 15 is 0 Å². The second kappa shape index (κ2) is 7.41. The Morgan fingerprint density at radius 3 is 2.46 bits per heavy atom. The van der Waals surface area contributed by atoms with Crippen molar-refractivity contribution in [3.8, 4) is 0 Å². The smallest absolute Gasteiger partial charge is 0.261 e. The van der Waals surface area contributed by atoms with Gasteiger partial charge in [-0.3, -0.25) is 9.52 Å². The van der Waals surface area contributed by atoms with Crippen molar-refractivity contribution in [3.63, 3.8) is 0 Å². The molecule has 0 radical (unpaired) electrons. The molecule has 0 aliphatic carbocycles. The van der Waals surface area contributed by atoms with Gasteiger partial charge in [-0.05, 0) is 55.5 Å². The highest BCUT2D eigenvalue weighted by molar-refractivity contribution is 7.92. The molecule has 132 valence electrons. The van der Waals surface area contributed by atoms with Gasteiger partial charge in [0.05, 0.1) is 4.90 Å². The predicted molar refractivity (Wildman–Crippen MR) is 101 cm³/mol. The molecule has 0 amide bonds. The number of benzene rings is 2. The van der Waals surface area contributed by atoms with Crippen molar-refractivity contribution in [2.45, 2.75) is 11.8 Å². The zero-order valence-corrected chi connectivity index (χ0v) is 14.9. The average Bonchev–Trinajstić information content (AvgIpc) is 3.05. The van der Waals surface area contributed by atoms with Crippen LogP contribution in [0.1, 0.15) is 21.9 Å². The summed E-state index contributed by atoms with van der Waals surface area (Å²) < 4.78 is 32.6. The summed E-state index contributed by atoms with van der Waals surface area (Å²) in [4.78, 5) is 12.5. The molecule has 26 heavy (non-hydrogen) atoms. The lowest BCUT2D eigenvalue weighted by Gasteiger charge is -2.08. The van der Waals surface area contributed by atoms with Crippen LogP contribution in [0.5, 0.6) is 0 Å². The van der Waals surface area contributed by atoms with Crippen molar-refractivity contribution in [2.75, 3.05) is 4.72 Å². The van der Waals surface area contributed by atoms with E-state index in [1.165, 1.54) is 24.3 Å². The molecule has 0 saturated carbocycles. The molecule has 0 atom stereocenters. The number of carbonyl (C=O) groups is 1. The molecule has 0 unspecified atom stereocenters. The SMILES string of the molecule is Cc1ccc(C=CC(=O)c2cccc(NS(=O)(=O)c3ccccc3)c2)o1. The zero-order chi connectivity index (χ0) is 18.6. The standard InChI is InChI=1S/C20H17NO4S/c1-15-10-11-18(25-15)12-13-20(22)16-6-5-7-17(14-16)21-26(23,24)19-8-3-2-4-9-19/h2-14,21H,1H3. The molecule has 2 aromatic carbocycles. The number of carbonyl (C=O) groups excluding carboxylic acids is 1. The highest BCUT2D eigenvalue weighted by Crippen LogP contribution is 2.18. The molecule has 0 fully saturated rings. The summed E-state index contributed by atoms with van der Waals surface area (Å²) in [5, 5.41) is 0. The summed E-state index contributed by atoms with van der Waals surface area (Å²) in [6, 6.07) is 18.0. The van der Waals surface area contributed by atoms with Crippen LogP contribution in [-0.2, 0) is 10.0 Å². The van der Waals surface area contributed by atoms with Gasteiger partial charge in [-0.1, -0.05) is 30.3 Å². The molecule has 6 heteroatoms. The van der Waals surface area contributed by atoms with E-state index in [1.807, 2.05) is 13.0 Å². The number of nitrogens with one attached hydrogen (secondary N) is 1. The summed E-state index contributed by atoms with van der Waals surface area (Å²) in [5.41, 5.74) is 0.694. The van der Waals surface area contributed by atoms with Crippen LogP contribution in [0, 0.1) is 6.92 Å². The molecular formula is C20H17NO4S. The van der Waals surface area contributed by atoms with E-state index in [9.17, 15) is 13.2 Å². The van der Waals surface area contributed by atoms with Gasteiger partial charge >= 0.3 is 0 Å². The minimum Gasteiger partial charge on any atom is -0.462 e. The summed E-state index contributed by atoms with van der Waals surface area (Å²) in [5.74, 6) is 1.09. The summed E-state index contributed by atoms with van der Waals surface area (Å²) in [6.07, 6.45) is 2.97. The van der Waals surface area contributed by atoms with Crippen LogP contribution in [0.3, 0.4) is 0 Å². The lowest BCUT2D eigenvalue weighted by atomic mass is 10.1. The van der Waals surface area contributed by atoms with E-state index < -0.39 is 10.0 Å². The summed E-state index contributed by atoms with van der Waals surface area (Å²) in [6.45, 7) is 1.82. The van der Waals surface area contributed by atoms with Gasteiger partial charge in [0, 0.05) is 11.3 Å². The molecule has 5 nitrogen and oxygen atoms in total. The van der Waals surface area contributed by atoms with E-state index in [-0.39, 0.29) is 10.7 Å². The van der Waals surface area contributed by atoms with Gasteiger partial charge in [0.1, 0.15) is 11.5 Å². The lowest BCUT2D eigenvalue weighted by molar-refractivity contribution is 0.104. The van der Waals surface area contributed by atoms with Crippen LogP contribution in [0.15, 0.2) is 82.1 Å². The average molecular weight is 367 g/mol. The Morgan fingerprint density at radius 2 is 1.77 bits per heavy atom. The Kier molecular flexibility index (Phi) is 5.04. The maximum absolute atomic E-state index is 12.4. The third-order valence-electron chi connectivity index (χ3n) is 3.61. The molecule has 1 N–H and O–H groups in total. The van der Waals surface area contributed by atoms with Gasteiger partial charge in [0.25, 0.3) is 10.0 Å². The second-order valence-corrected chi connectivity index (χ2v) is 7.33. The van der Waals surface area contributed by atoms with E-state index in [0.717, 1.165) is 5.76 Å². The number of anilines is 1. The van der Waals surface area contributed by atoms with E-state index in [1.54, 1.807) is 48.5 Å². The van der Waals surface area contributed by atoms with Crippen molar-refractivity contribution >= 4 is 27.6 Å². The molecule has 3 aromatic rings. The van der Waals surface area contributed by atoms with Crippen LogP contribution in [0.25, 0.3) is 6.08 Å². The van der Waals surface area contributed by atoms with Crippen LogP contribution in [-0.4, -0.2) is 14.2 Å². The molecule has 0 saturated heterocycles. The number of hydrogen-bond acceptors (Lipinski definition) is 4. The molecule has 0 aliphatic heterocycles. The Hall–Kier alpha value is -3.12. The Balaban J connectivity index is 1.78. The van der Waals surface area contributed by atoms with Crippen LogP contribution < -0.4 is 4.72 Å². The van der Waals surface area contributed by atoms with Crippen molar-refractivity contribution < 1.29 is 17.6 Å². The van der Waals surface area contributed by atoms with Crippen molar-refractivity contribution in [3.05, 3.63) is 89.9 Å². The number of aryl methyl sites for hydroxylation is 1. The number of sulfonamides is 1. The highest BCUT2D eigenvalue weighted by atomic mass is 32.2. The maximum atomic E-state index is 12.4. The van der Waals surface area contributed by atoms with E-state index in [2.05, 4.69) is 4.72 Å². The quantitative estimate of drug-likeness (QED) is 0.521. The van der Waals surface area contributed by atoms with Gasteiger partial charge in [-0.25, -0.2) is 8.42 Å². The Bertz CT molecular complexity index is 1050. The van der Waals surface area contributed by atoms with Gasteiger partial charge in [-0.15, -0.1) is 0 Å². The Morgan fingerprint density at radius 1 is 1.00 bits per heavy atom. The largest absolute Gasteiger partial charge is 0.462 e. The van der Waals surface area contributed by atoms with Gasteiger partial charge in [0.15, 0.2) is 5.78 Å².